The summed E-state index contributed by atoms with van der Waals surface area (Å²) >= 11 is 0. The minimum atomic E-state index is -0.851. The molecule has 0 spiro atoms. The Morgan fingerprint density at radius 3 is 2.21 bits per heavy atom. The van der Waals surface area contributed by atoms with Crippen molar-refractivity contribution in [3.05, 3.63) is 70.3 Å². The molecule has 2 aromatic rings. The van der Waals surface area contributed by atoms with Crippen molar-refractivity contribution in [2.24, 2.45) is 0 Å². The number of benzene rings is 2. The zero-order valence-electron chi connectivity index (χ0n) is 11.8. The van der Waals surface area contributed by atoms with Crippen LogP contribution in [0.3, 0.4) is 0 Å². The van der Waals surface area contributed by atoms with Crippen LogP contribution in [0.5, 0.6) is 0 Å². The summed E-state index contributed by atoms with van der Waals surface area (Å²) in [5, 5.41) is 0. The van der Waals surface area contributed by atoms with E-state index in [1.807, 2.05) is 12.1 Å². The van der Waals surface area contributed by atoms with Gasteiger partial charge in [-0.3, -0.25) is 4.21 Å². The smallest absolute Gasteiger partial charge is 0.0491 e. The van der Waals surface area contributed by atoms with Crippen molar-refractivity contribution in [2.45, 2.75) is 32.3 Å². The second kappa shape index (κ2) is 6.16. The van der Waals surface area contributed by atoms with Gasteiger partial charge in [-0.2, -0.15) is 0 Å². The van der Waals surface area contributed by atoms with Gasteiger partial charge in [0.1, 0.15) is 0 Å². The van der Waals surface area contributed by atoms with Gasteiger partial charge in [0, 0.05) is 22.3 Å². The zero-order valence-corrected chi connectivity index (χ0v) is 12.6. The summed E-state index contributed by atoms with van der Waals surface area (Å²) in [6, 6.07) is 14.5. The number of hydrogen-bond donors (Lipinski definition) is 0. The third kappa shape index (κ3) is 3.77. The minimum absolute atomic E-state index is 0.639. The van der Waals surface area contributed by atoms with Gasteiger partial charge in [0.25, 0.3) is 0 Å². The molecule has 0 aromatic heterocycles. The van der Waals surface area contributed by atoms with Gasteiger partial charge in [0.15, 0.2) is 0 Å². The Balaban J connectivity index is 2.10. The summed E-state index contributed by atoms with van der Waals surface area (Å²) in [6.45, 7) is 6.23. The highest BCUT2D eigenvalue weighted by molar-refractivity contribution is 7.83. The highest BCUT2D eigenvalue weighted by atomic mass is 32.2. The highest BCUT2D eigenvalue weighted by Crippen LogP contribution is 2.16. The molecule has 0 amide bonds. The van der Waals surface area contributed by atoms with Gasteiger partial charge in [-0.05, 0) is 43.0 Å². The molecule has 2 aromatic carbocycles. The van der Waals surface area contributed by atoms with Crippen LogP contribution in [0.1, 0.15) is 27.8 Å². The third-order valence-electron chi connectivity index (χ3n) is 3.40. The SMILES string of the molecule is Cc1ccc(C)c(C[S@](=O)Cc2ccccc2C)c1. The molecular weight excluding hydrogens is 252 g/mol. The first-order valence-corrected chi connectivity index (χ1v) is 8.00. The van der Waals surface area contributed by atoms with E-state index in [2.05, 4.69) is 51.1 Å². The van der Waals surface area contributed by atoms with Crippen LogP contribution >= 0.6 is 0 Å². The van der Waals surface area contributed by atoms with Gasteiger partial charge in [-0.1, -0.05) is 48.0 Å². The fraction of sp³-hybridized carbons (Fsp3) is 0.294. The van der Waals surface area contributed by atoms with Crippen molar-refractivity contribution in [3.8, 4) is 0 Å². The van der Waals surface area contributed by atoms with Gasteiger partial charge < -0.3 is 0 Å². The summed E-state index contributed by atoms with van der Waals surface area (Å²) in [4.78, 5) is 0. The Morgan fingerprint density at radius 2 is 1.47 bits per heavy atom. The van der Waals surface area contributed by atoms with Crippen molar-refractivity contribution in [1.82, 2.24) is 0 Å². The van der Waals surface area contributed by atoms with Crippen molar-refractivity contribution >= 4 is 10.8 Å². The highest BCUT2D eigenvalue weighted by Gasteiger charge is 2.07. The molecule has 0 aliphatic heterocycles. The molecule has 0 unspecified atom stereocenters. The molecular formula is C17H20OS. The Morgan fingerprint density at radius 1 is 0.842 bits per heavy atom. The van der Waals surface area contributed by atoms with Crippen LogP contribution in [-0.2, 0) is 22.3 Å². The second-order valence-electron chi connectivity index (χ2n) is 5.08. The van der Waals surface area contributed by atoms with E-state index in [0.29, 0.717) is 11.5 Å². The molecule has 2 rings (SSSR count). The molecule has 19 heavy (non-hydrogen) atoms. The Hall–Kier alpha value is -1.41. The zero-order chi connectivity index (χ0) is 13.8. The van der Waals surface area contributed by atoms with Crippen LogP contribution in [-0.4, -0.2) is 4.21 Å². The molecule has 0 N–H and O–H groups in total. The van der Waals surface area contributed by atoms with Gasteiger partial charge >= 0.3 is 0 Å². The maximum absolute atomic E-state index is 12.3. The maximum atomic E-state index is 12.3. The molecule has 0 aliphatic rings. The number of aryl methyl sites for hydroxylation is 3. The molecule has 0 bridgehead atoms. The first-order chi connectivity index (χ1) is 9.06. The Bertz CT molecular complexity index is 602. The second-order valence-corrected chi connectivity index (χ2v) is 6.54. The van der Waals surface area contributed by atoms with Crippen LogP contribution < -0.4 is 0 Å². The lowest BCUT2D eigenvalue weighted by Crippen LogP contribution is -2.02. The topological polar surface area (TPSA) is 17.1 Å². The third-order valence-corrected chi connectivity index (χ3v) is 4.66. The van der Waals surface area contributed by atoms with Crippen LogP contribution in [0.25, 0.3) is 0 Å². The van der Waals surface area contributed by atoms with Crippen molar-refractivity contribution < 1.29 is 4.21 Å². The summed E-state index contributed by atoms with van der Waals surface area (Å²) in [5.74, 6) is 1.28. The van der Waals surface area contributed by atoms with Crippen molar-refractivity contribution in [3.63, 3.8) is 0 Å². The number of hydrogen-bond acceptors (Lipinski definition) is 1. The van der Waals surface area contributed by atoms with Crippen molar-refractivity contribution in [2.75, 3.05) is 0 Å². The quantitative estimate of drug-likeness (QED) is 0.820. The van der Waals surface area contributed by atoms with Crippen LogP contribution in [0, 0.1) is 20.8 Å². The largest absolute Gasteiger partial charge is 0.259 e. The van der Waals surface area contributed by atoms with E-state index in [1.54, 1.807) is 0 Å². The van der Waals surface area contributed by atoms with Crippen LogP contribution in [0.15, 0.2) is 42.5 Å². The van der Waals surface area contributed by atoms with E-state index in [1.165, 1.54) is 27.8 Å². The lowest BCUT2D eigenvalue weighted by Gasteiger charge is -2.09. The van der Waals surface area contributed by atoms with E-state index in [-0.39, 0.29) is 0 Å². The Kier molecular flexibility index (Phi) is 4.54. The first kappa shape index (κ1) is 14.0. The van der Waals surface area contributed by atoms with Gasteiger partial charge in [0.05, 0.1) is 0 Å². The molecule has 0 saturated carbocycles. The summed E-state index contributed by atoms with van der Waals surface area (Å²) in [6.07, 6.45) is 0. The lowest BCUT2D eigenvalue weighted by atomic mass is 10.1. The first-order valence-electron chi connectivity index (χ1n) is 6.52. The summed E-state index contributed by atoms with van der Waals surface area (Å²) < 4.78 is 12.3. The molecule has 1 nitrogen and oxygen atoms in total. The molecule has 0 aliphatic carbocycles. The minimum Gasteiger partial charge on any atom is -0.259 e. The molecule has 0 heterocycles. The van der Waals surface area contributed by atoms with E-state index in [0.717, 1.165) is 0 Å². The monoisotopic (exact) mass is 272 g/mol. The fourth-order valence-electron chi connectivity index (χ4n) is 2.13. The Labute approximate surface area is 118 Å². The molecule has 100 valence electrons. The molecule has 2 heteroatoms. The van der Waals surface area contributed by atoms with Crippen molar-refractivity contribution in [1.29, 1.82) is 0 Å². The molecule has 0 saturated heterocycles. The predicted molar refractivity (Wildman–Crippen MR) is 82.6 cm³/mol. The number of rotatable bonds is 4. The summed E-state index contributed by atoms with van der Waals surface area (Å²) in [5.41, 5.74) is 6.06. The molecule has 1 atom stereocenters. The van der Waals surface area contributed by atoms with E-state index in [9.17, 15) is 4.21 Å². The average molecular weight is 272 g/mol. The van der Waals surface area contributed by atoms with Crippen LogP contribution in [0.2, 0.25) is 0 Å². The van der Waals surface area contributed by atoms with Gasteiger partial charge in [-0.15, -0.1) is 0 Å². The van der Waals surface area contributed by atoms with Gasteiger partial charge in [-0.25, -0.2) is 0 Å². The summed E-state index contributed by atoms with van der Waals surface area (Å²) in [7, 11) is -0.851. The standard InChI is InChI=1S/C17H20OS/c1-13-8-9-15(3)17(10-13)12-19(18)11-16-7-5-4-6-14(16)2/h4-10H,11-12H2,1-3H3/t19-/m1/s1. The van der Waals surface area contributed by atoms with E-state index < -0.39 is 10.8 Å². The molecule has 0 fully saturated rings. The van der Waals surface area contributed by atoms with Gasteiger partial charge in [0.2, 0.25) is 0 Å². The predicted octanol–water partition coefficient (Wildman–Crippen LogP) is 4.06. The average Bonchev–Trinajstić information content (AvgIpc) is 2.37. The molecule has 0 radical (unpaired) electrons. The fourth-order valence-corrected chi connectivity index (χ4v) is 3.56. The maximum Gasteiger partial charge on any atom is 0.0491 e. The lowest BCUT2D eigenvalue weighted by molar-refractivity contribution is 0.682. The van der Waals surface area contributed by atoms with Crippen LogP contribution in [0.4, 0.5) is 0 Å². The van der Waals surface area contributed by atoms with E-state index >= 15 is 0 Å². The normalized spacial score (nSPS) is 12.4. The van der Waals surface area contributed by atoms with E-state index in [4.69, 9.17) is 0 Å².